The fraction of sp³-hybridized carbons (Fsp3) is 0.429. The van der Waals surface area contributed by atoms with Gasteiger partial charge in [0, 0.05) is 25.5 Å². The maximum Gasteiger partial charge on any atom is 0.0602 e. The molecule has 0 spiro atoms. The first-order valence-corrected chi connectivity index (χ1v) is 6.27. The van der Waals surface area contributed by atoms with Crippen LogP contribution in [0.4, 0.5) is 0 Å². The van der Waals surface area contributed by atoms with Crippen molar-refractivity contribution < 1.29 is 0 Å². The van der Waals surface area contributed by atoms with Gasteiger partial charge in [-0.15, -0.1) is 0 Å². The van der Waals surface area contributed by atoms with Crippen molar-refractivity contribution in [2.75, 3.05) is 7.05 Å². The number of pyridine rings is 1. The van der Waals surface area contributed by atoms with Crippen LogP contribution in [-0.4, -0.2) is 21.8 Å². The molecule has 0 aromatic carbocycles. The Morgan fingerprint density at radius 1 is 1.44 bits per heavy atom. The first kappa shape index (κ1) is 12.8. The quantitative estimate of drug-likeness (QED) is 0.875. The van der Waals surface area contributed by atoms with Crippen LogP contribution < -0.4 is 5.32 Å². The Balaban J connectivity index is 2.04. The molecule has 18 heavy (non-hydrogen) atoms. The number of nitrogens with zero attached hydrogens (tertiary/aromatic N) is 3. The average molecular weight is 244 g/mol. The van der Waals surface area contributed by atoms with Crippen molar-refractivity contribution in [3.05, 3.63) is 47.5 Å². The minimum Gasteiger partial charge on any atom is -0.312 e. The summed E-state index contributed by atoms with van der Waals surface area (Å²) in [5.74, 6) is 0. The summed E-state index contributed by atoms with van der Waals surface area (Å²) >= 11 is 0. The van der Waals surface area contributed by atoms with Crippen LogP contribution in [0.15, 0.2) is 30.7 Å². The topological polar surface area (TPSA) is 42.7 Å². The number of aryl methyl sites for hydroxylation is 3. The molecule has 0 amide bonds. The normalized spacial score (nSPS) is 12.6. The second-order valence-corrected chi connectivity index (χ2v) is 4.61. The zero-order valence-electron chi connectivity index (χ0n) is 11.2. The molecule has 1 N–H and O–H groups in total. The van der Waals surface area contributed by atoms with Crippen LogP contribution in [0.2, 0.25) is 0 Å². The van der Waals surface area contributed by atoms with Crippen molar-refractivity contribution in [3.63, 3.8) is 0 Å². The highest BCUT2D eigenvalue weighted by Crippen LogP contribution is 2.19. The largest absolute Gasteiger partial charge is 0.312 e. The predicted molar refractivity (Wildman–Crippen MR) is 72.3 cm³/mol. The Morgan fingerprint density at radius 3 is 2.89 bits per heavy atom. The van der Waals surface area contributed by atoms with Crippen LogP contribution in [0.5, 0.6) is 0 Å². The summed E-state index contributed by atoms with van der Waals surface area (Å²) in [6, 6.07) is 4.38. The van der Waals surface area contributed by atoms with Crippen LogP contribution in [0, 0.1) is 6.92 Å². The van der Waals surface area contributed by atoms with Crippen LogP contribution in [0.3, 0.4) is 0 Å². The molecule has 4 heteroatoms. The number of nitrogens with one attached hydrogen (secondary N) is 1. The van der Waals surface area contributed by atoms with E-state index in [1.165, 1.54) is 11.1 Å². The van der Waals surface area contributed by atoms with Gasteiger partial charge in [-0.1, -0.05) is 6.07 Å². The standard InChI is InChI=1S/C14H20N4/c1-11-5-4-8-16-14(11)13(15-2)7-6-12-9-17-18(3)10-12/h4-5,8-10,13,15H,6-7H2,1-3H3. The maximum absolute atomic E-state index is 4.48. The lowest BCUT2D eigenvalue weighted by atomic mass is 10.0. The summed E-state index contributed by atoms with van der Waals surface area (Å²) in [6.45, 7) is 2.11. The number of rotatable bonds is 5. The Kier molecular flexibility index (Phi) is 4.10. The maximum atomic E-state index is 4.48. The number of hydrogen-bond acceptors (Lipinski definition) is 3. The first-order chi connectivity index (χ1) is 8.70. The molecular formula is C14H20N4. The van der Waals surface area contributed by atoms with Crippen LogP contribution in [0.25, 0.3) is 0 Å². The third kappa shape index (κ3) is 2.96. The minimum atomic E-state index is 0.298. The highest BCUT2D eigenvalue weighted by molar-refractivity contribution is 5.21. The van der Waals surface area contributed by atoms with Gasteiger partial charge in [0.05, 0.1) is 11.9 Å². The number of aromatic nitrogens is 3. The molecule has 1 unspecified atom stereocenters. The molecule has 96 valence electrons. The Labute approximate surface area is 108 Å². The molecule has 2 aromatic heterocycles. The third-order valence-corrected chi connectivity index (χ3v) is 3.21. The molecule has 2 rings (SSSR count). The molecule has 1 atom stereocenters. The molecular weight excluding hydrogens is 224 g/mol. The van der Waals surface area contributed by atoms with Gasteiger partial charge in [-0.25, -0.2) is 0 Å². The summed E-state index contributed by atoms with van der Waals surface area (Å²) in [5, 5.41) is 7.54. The van der Waals surface area contributed by atoms with E-state index in [1.54, 1.807) is 0 Å². The fourth-order valence-corrected chi connectivity index (χ4v) is 2.19. The fourth-order valence-electron chi connectivity index (χ4n) is 2.19. The van der Waals surface area contributed by atoms with E-state index < -0.39 is 0 Å². The van der Waals surface area contributed by atoms with Gasteiger partial charge in [0.25, 0.3) is 0 Å². The average Bonchev–Trinajstić information content (AvgIpc) is 2.78. The molecule has 0 aliphatic carbocycles. The van der Waals surface area contributed by atoms with Crippen molar-refractivity contribution in [1.29, 1.82) is 0 Å². The Morgan fingerprint density at radius 2 is 2.28 bits per heavy atom. The van der Waals surface area contributed by atoms with Crippen molar-refractivity contribution in [1.82, 2.24) is 20.1 Å². The number of hydrogen-bond donors (Lipinski definition) is 1. The molecule has 2 aromatic rings. The van der Waals surface area contributed by atoms with E-state index in [0.29, 0.717) is 6.04 Å². The molecule has 0 fully saturated rings. The summed E-state index contributed by atoms with van der Waals surface area (Å²) < 4.78 is 1.84. The van der Waals surface area contributed by atoms with Gasteiger partial charge in [-0.3, -0.25) is 9.67 Å². The van der Waals surface area contributed by atoms with E-state index >= 15 is 0 Å². The van der Waals surface area contributed by atoms with Gasteiger partial charge in [-0.05, 0) is 44.0 Å². The molecule has 2 heterocycles. The Hall–Kier alpha value is -1.68. The lowest BCUT2D eigenvalue weighted by Crippen LogP contribution is -2.19. The molecule has 0 radical (unpaired) electrons. The van der Waals surface area contributed by atoms with E-state index in [4.69, 9.17) is 0 Å². The van der Waals surface area contributed by atoms with Crippen molar-refractivity contribution in [2.45, 2.75) is 25.8 Å². The molecule has 4 nitrogen and oxygen atoms in total. The molecule has 0 aliphatic rings. The molecule has 0 aliphatic heterocycles. The zero-order valence-corrected chi connectivity index (χ0v) is 11.2. The van der Waals surface area contributed by atoms with Gasteiger partial charge >= 0.3 is 0 Å². The van der Waals surface area contributed by atoms with E-state index in [9.17, 15) is 0 Å². The summed E-state index contributed by atoms with van der Waals surface area (Å²) in [4.78, 5) is 4.48. The van der Waals surface area contributed by atoms with Gasteiger partial charge in [-0.2, -0.15) is 5.10 Å². The van der Waals surface area contributed by atoms with Gasteiger partial charge < -0.3 is 5.32 Å². The minimum absolute atomic E-state index is 0.298. The van der Waals surface area contributed by atoms with E-state index in [0.717, 1.165) is 18.5 Å². The summed E-state index contributed by atoms with van der Waals surface area (Å²) in [5.41, 5.74) is 3.65. The third-order valence-electron chi connectivity index (χ3n) is 3.21. The van der Waals surface area contributed by atoms with Crippen molar-refractivity contribution in [3.8, 4) is 0 Å². The highest BCUT2D eigenvalue weighted by Gasteiger charge is 2.13. The first-order valence-electron chi connectivity index (χ1n) is 6.27. The van der Waals surface area contributed by atoms with E-state index in [1.807, 2.05) is 37.2 Å². The SMILES string of the molecule is CNC(CCc1cnn(C)c1)c1ncccc1C. The summed E-state index contributed by atoms with van der Waals surface area (Å²) in [6.07, 6.45) is 7.89. The second kappa shape index (κ2) is 5.78. The van der Waals surface area contributed by atoms with Crippen LogP contribution >= 0.6 is 0 Å². The van der Waals surface area contributed by atoms with Gasteiger partial charge in [0.1, 0.15) is 0 Å². The van der Waals surface area contributed by atoms with Crippen LogP contribution in [0.1, 0.15) is 29.3 Å². The lowest BCUT2D eigenvalue weighted by Gasteiger charge is -2.17. The van der Waals surface area contributed by atoms with Crippen molar-refractivity contribution >= 4 is 0 Å². The lowest BCUT2D eigenvalue weighted by molar-refractivity contribution is 0.533. The second-order valence-electron chi connectivity index (χ2n) is 4.61. The van der Waals surface area contributed by atoms with Crippen LogP contribution in [-0.2, 0) is 13.5 Å². The molecule has 0 saturated carbocycles. The zero-order chi connectivity index (χ0) is 13.0. The monoisotopic (exact) mass is 244 g/mol. The Bertz CT molecular complexity index is 504. The highest BCUT2D eigenvalue weighted by atomic mass is 15.2. The van der Waals surface area contributed by atoms with Crippen molar-refractivity contribution in [2.24, 2.45) is 7.05 Å². The van der Waals surface area contributed by atoms with Gasteiger partial charge in [0.15, 0.2) is 0 Å². The van der Waals surface area contributed by atoms with Gasteiger partial charge in [0.2, 0.25) is 0 Å². The van der Waals surface area contributed by atoms with E-state index in [-0.39, 0.29) is 0 Å². The molecule has 0 bridgehead atoms. The smallest absolute Gasteiger partial charge is 0.0602 e. The molecule has 0 saturated heterocycles. The van der Waals surface area contributed by atoms with E-state index in [2.05, 4.69) is 34.6 Å². The summed E-state index contributed by atoms with van der Waals surface area (Å²) in [7, 11) is 3.93. The predicted octanol–water partition coefficient (Wildman–Crippen LogP) is 2.02.